The Morgan fingerprint density at radius 3 is 2.77 bits per heavy atom. The Morgan fingerprint density at radius 2 is 2.00 bits per heavy atom. The summed E-state index contributed by atoms with van der Waals surface area (Å²) in [7, 11) is -0.0649. The van der Waals surface area contributed by atoms with Gasteiger partial charge in [0.1, 0.15) is 6.61 Å². The normalized spacial score (nSPS) is 15.1. The third-order valence-corrected chi connectivity index (χ3v) is 6.60. The first kappa shape index (κ1) is 23.0. The highest BCUT2D eigenvalue weighted by molar-refractivity contribution is 7.84. The Balaban J connectivity index is 1.35. The Kier molecular flexibility index (Phi) is 6.01. The van der Waals surface area contributed by atoms with E-state index in [4.69, 9.17) is 14.2 Å². The molecule has 3 heterocycles. The molecule has 0 saturated heterocycles. The van der Waals surface area contributed by atoms with Gasteiger partial charge >= 0.3 is 6.11 Å². The minimum absolute atomic E-state index is 0.0613. The van der Waals surface area contributed by atoms with E-state index in [1.54, 1.807) is 6.20 Å². The van der Waals surface area contributed by atoms with Crippen LogP contribution in [0.5, 0.6) is 23.0 Å². The average molecular weight is 502 g/mol. The number of halogens is 2. The molecule has 4 aromatic rings. The molecular formula is C24H21F2N3O5S. The number of methoxy groups -OCH3 is 1. The van der Waals surface area contributed by atoms with Gasteiger partial charge < -0.3 is 23.9 Å². The van der Waals surface area contributed by atoms with E-state index in [0.717, 1.165) is 5.56 Å². The van der Waals surface area contributed by atoms with Crippen molar-refractivity contribution in [1.29, 1.82) is 0 Å². The molecule has 11 heteroatoms. The van der Waals surface area contributed by atoms with E-state index in [9.17, 15) is 13.0 Å². The van der Waals surface area contributed by atoms with Gasteiger partial charge in [-0.15, -0.1) is 0 Å². The third-order valence-electron chi connectivity index (χ3n) is 5.44. The number of hydrogen-bond donors (Lipinski definition) is 1. The van der Waals surface area contributed by atoms with Gasteiger partial charge in [0.05, 0.1) is 46.6 Å². The Hall–Kier alpha value is -3.73. The average Bonchev–Trinajstić information content (AvgIpc) is 3.26. The molecule has 1 atom stereocenters. The van der Waals surface area contributed by atoms with Crippen molar-refractivity contribution in [1.82, 2.24) is 15.0 Å². The van der Waals surface area contributed by atoms with Crippen LogP contribution in [0.25, 0.3) is 11.0 Å². The molecule has 0 saturated carbocycles. The standard InChI is InChI=1S/C24H21F2N3O5S/c1-14-18(27-10-21(22(14)31-2)32-11-15-6-4-3-5-7-15)12-35(30)23-28-16-8-19-20(9-17(16)29-23)34-24(25,26)13-33-19/h3-10H,11-13H2,1-2H3,(H,28,29). The summed E-state index contributed by atoms with van der Waals surface area (Å²) in [4.78, 5) is 11.7. The molecule has 182 valence electrons. The van der Waals surface area contributed by atoms with Gasteiger partial charge in [0.2, 0.25) is 0 Å². The number of imidazole rings is 1. The number of nitrogens with zero attached hydrogens (tertiary/aromatic N) is 2. The fraction of sp³-hybridized carbons (Fsp3) is 0.250. The first-order valence-corrected chi connectivity index (χ1v) is 12.0. The van der Waals surface area contributed by atoms with Gasteiger partial charge in [-0.25, -0.2) is 4.98 Å². The monoisotopic (exact) mass is 501 g/mol. The first-order valence-electron chi connectivity index (χ1n) is 10.6. The molecule has 0 radical (unpaired) electrons. The molecule has 0 fully saturated rings. The van der Waals surface area contributed by atoms with Crippen molar-refractivity contribution in [2.24, 2.45) is 0 Å². The van der Waals surface area contributed by atoms with Crippen LogP contribution in [0.1, 0.15) is 16.8 Å². The molecule has 0 amide bonds. The second kappa shape index (κ2) is 9.14. The van der Waals surface area contributed by atoms with Crippen LogP contribution in [0, 0.1) is 6.92 Å². The maximum Gasteiger partial charge on any atom is 0.433 e. The van der Waals surface area contributed by atoms with E-state index in [-0.39, 0.29) is 22.4 Å². The first-order chi connectivity index (χ1) is 16.8. The van der Waals surface area contributed by atoms with E-state index >= 15 is 0 Å². The van der Waals surface area contributed by atoms with Gasteiger partial charge in [-0.3, -0.25) is 9.19 Å². The lowest BCUT2D eigenvalue weighted by molar-refractivity contribution is -0.208. The van der Waals surface area contributed by atoms with E-state index in [0.29, 0.717) is 40.4 Å². The number of H-pyrrole nitrogens is 1. The van der Waals surface area contributed by atoms with Crippen LogP contribution in [0.2, 0.25) is 0 Å². The smallest absolute Gasteiger partial charge is 0.433 e. The summed E-state index contributed by atoms with van der Waals surface area (Å²) in [6.45, 7) is 1.29. The molecule has 1 aliphatic heterocycles. The molecule has 2 aromatic carbocycles. The van der Waals surface area contributed by atoms with Crippen molar-refractivity contribution in [3.05, 3.63) is 65.5 Å². The molecule has 0 spiro atoms. The van der Waals surface area contributed by atoms with Crippen LogP contribution in [0.3, 0.4) is 0 Å². The number of benzene rings is 2. The maximum atomic E-state index is 13.5. The largest absolute Gasteiger partial charge is 0.492 e. The van der Waals surface area contributed by atoms with Crippen molar-refractivity contribution in [3.8, 4) is 23.0 Å². The lowest BCUT2D eigenvalue weighted by Crippen LogP contribution is -2.35. The van der Waals surface area contributed by atoms with E-state index < -0.39 is 23.5 Å². The minimum atomic E-state index is -3.41. The summed E-state index contributed by atoms with van der Waals surface area (Å²) >= 11 is 0. The van der Waals surface area contributed by atoms with E-state index in [2.05, 4.69) is 19.7 Å². The molecule has 8 nitrogen and oxygen atoms in total. The van der Waals surface area contributed by atoms with Crippen LogP contribution in [-0.2, 0) is 23.2 Å². The number of hydrogen-bond acceptors (Lipinski definition) is 7. The van der Waals surface area contributed by atoms with Crippen LogP contribution in [0.4, 0.5) is 8.78 Å². The molecule has 1 unspecified atom stereocenters. The van der Waals surface area contributed by atoms with E-state index in [1.165, 1.54) is 19.2 Å². The highest BCUT2D eigenvalue weighted by Crippen LogP contribution is 2.39. The fourth-order valence-corrected chi connectivity index (χ4v) is 4.78. The van der Waals surface area contributed by atoms with Crippen molar-refractivity contribution in [2.75, 3.05) is 13.7 Å². The van der Waals surface area contributed by atoms with Crippen LogP contribution >= 0.6 is 0 Å². The minimum Gasteiger partial charge on any atom is -0.492 e. The molecule has 5 rings (SSSR count). The highest BCUT2D eigenvalue weighted by Gasteiger charge is 2.38. The summed E-state index contributed by atoms with van der Waals surface area (Å²) in [6, 6.07) is 12.5. The van der Waals surface area contributed by atoms with Crippen molar-refractivity contribution in [3.63, 3.8) is 0 Å². The lowest BCUT2D eigenvalue weighted by atomic mass is 10.2. The predicted molar refractivity (Wildman–Crippen MR) is 124 cm³/mol. The van der Waals surface area contributed by atoms with Crippen LogP contribution < -0.4 is 18.9 Å². The molecule has 1 N–H and O–H groups in total. The third kappa shape index (κ3) is 4.76. The molecular weight excluding hydrogens is 480 g/mol. The maximum absolute atomic E-state index is 13.5. The second-order valence-electron chi connectivity index (χ2n) is 7.88. The summed E-state index contributed by atoms with van der Waals surface area (Å²) in [5.41, 5.74) is 3.08. The summed E-state index contributed by atoms with van der Waals surface area (Å²) in [5.74, 6) is 1.10. The van der Waals surface area contributed by atoms with Gasteiger partial charge in [0.15, 0.2) is 34.8 Å². The number of pyridine rings is 1. The zero-order chi connectivity index (χ0) is 24.6. The Labute approximate surface area is 201 Å². The van der Waals surface area contributed by atoms with E-state index in [1.807, 2.05) is 37.3 Å². The zero-order valence-electron chi connectivity index (χ0n) is 18.8. The molecule has 0 bridgehead atoms. The molecule has 1 aliphatic rings. The van der Waals surface area contributed by atoms with Crippen LogP contribution in [0.15, 0.2) is 53.8 Å². The second-order valence-corrected chi connectivity index (χ2v) is 9.24. The van der Waals surface area contributed by atoms with Gasteiger partial charge in [0.25, 0.3) is 0 Å². The number of aromatic nitrogens is 3. The fourth-order valence-electron chi connectivity index (χ4n) is 3.68. The van der Waals surface area contributed by atoms with Crippen molar-refractivity contribution < 1.29 is 31.9 Å². The summed E-state index contributed by atoms with van der Waals surface area (Å²) < 4.78 is 61.2. The SMILES string of the molecule is COc1c(OCc2ccccc2)cnc(CS(=O)c2nc3cc4c(cc3[nH]2)OC(F)(F)CO4)c1C. The highest BCUT2D eigenvalue weighted by atomic mass is 32.2. The zero-order valence-corrected chi connectivity index (χ0v) is 19.7. The van der Waals surface area contributed by atoms with Crippen LogP contribution in [-0.4, -0.2) is 39.0 Å². The van der Waals surface area contributed by atoms with Crippen molar-refractivity contribution in [2.45, 2.75) is 30.5 Å². The Bertz CT molecular complexity index is 1410. The van der Waals surface area contributed by atoms with Gasteiger partial charge in [-0.2, -0.15) is 8.78 Å². The number of fused-ring (bicyclic) bond motifs is 2. The van der Waals surface area contributed by atoms with Crippen molar-refractivity contribution >= 4 is 21.8 Å². The molecule has 35 heavy (non-hydrogen) atoms. The quantitative estimate of drug-likeness (QED) is 0.398. The summed E-state index contributed by atoms with van der Waals surface area (Å²) in [5, 5.41) is 0.179. The van der Waals surface area contributed by atoms with Gasteiger partial charge in [-0.05, 0) is 12.5 Å². The predicted octanol–water partition coefficient (Wildman–Crippen LogP) is 4.53. The molecule has 2 aromatic heterocycles. The molecule has 0 aliphatic carbocycles. The van der Waals surface area contributed by atoms with Gasteiger partial charge in [0, 0.05) is 17.7 Å². The number of aromatic amines is 1. The summed E-state index contributed by atoms with van der Waals surface area (Å²) in [6.07, 6.45) is -1.87. The number of nitrogens with one attached hydrogen (secondary N) is 1. The Morgan fingerprint density at radius 1 is 1.20 bits per heavy atom. The topological polar surface area (TPSA) is 95.6 Å². The lowest BCUT2D eigenvalue weighted by Gasteiger charge is -2.25. The van der Waals surface area contributed by atoms with Gasteiger partial charge in [-0.1, -0.05) is 30.3 Å². The number of ether oxygens (including phenoxy) is 4. The number of rotatable bonds is 7. The number of alkyl halides is 2.